The molecule has 1 aromatic carbocycles. The molecule has 2 aromatic rings. The topological polar surface area (TPSA) is 50.9 Å². The number of benzene rings is 1. The van der Waals surface area contributed by atoms with Gasteiger partial charge >= 0.3 is 0 Å². The summed E-state index contributed by atoms with van der Waals surface area (Å²) in [5.41, 5.74) is 6.47. The van der Waals surface area contributed by atoms with E-state index < -0.39 is 0 Å². The Morgan fingerprint density at radius 2 is 1.94 bits per heavy atom. The molecule has 0 atom stereocenters. The van der Waals surface area contributed by atoms with Crippen molar-refractivity contribution in [2.45, 2.75) is 18.4 Å². The Labute approximate surface area is 112 Å². The fraction of sp³-hybridized carbons (Fsp3) is 0.214. The summed E-state index contributed by atoms with van der Waals surface area (Å²) < 4.78 is 0. The molecule has 0 amide bonds. The molecule has 0 aliphatic rings. The number of nitrogen functional groups attached to an aromatic ring is 1. The quantitative estimate of drug-likeness (QED) is 0.640. The first-order valence-corrected chi connectivity index (χ1v) is 6.98. The van der Waals surface area contributed by atoms with Crippen molar-refractivity contribution in [3.63, 3.8) is 0 Å². The molecular weight excluding hydrogens is 242 g/mol. The lowest BCUT2D eigenvalue weighted by atomic mass is 10.2. The largest absolute Gasteiger partial charge is 0.308 e. The molecule has 0 spiro atoms. The van der Waals surface area contributed by atoms with E-state index in [4.69, 9.17) is 5.84 Å². The summed E-state index contributed by atoms with van der Waals surface area (Å²) in [6, 6.07) is 12.6. The SMILES string of the molecule is Cc1cccc(CSCc2ccnc(NN)c2)c1. The van der Waals surface area contributed by atoms with Crippen LogP contribution in [0.1, 0.15) is 16.7 Å². The fourth-order valence-electron chi connectivity index (χ4n) is 1.73. The lowest BCUT2D eigenvalue weighted by Crippen LogP contribution is -2.08. The van der Waals surface area contributed by atoms with Gasteiger partial charge in [-0.05, 0) is 30.2 Å². The number of anilines is 1. The maximum Gasteiger partial charge on any atom is 0.140 e. The van der Waals surface area contributed by atoms with Crippen LogP contribution in [0.3, 0.4) is 0 Å². The minimum absolute atomic E-state index is 0.712. The number of hydrogen-bond donors (Lipinski definition) is 2. The molecule has 0 fully saturated rings. The van der Waals surface area contributed by atoms with Gasteiger partial charge in [0.1, 0.15) is 5.82 Å². The standard InChI is InChI=1S/C14H17N3S/c1-11-3-2-4-12(7-11)9-18-10-13-5-6-16-14(8-13)17-15/h2-8H,9-10,15H2,1H3,(H,16,17). The Morgan fingerprint density at radius 3 is 2.67 bits per heavy atom. The van der Waals surface area contributed by atoms with Crippen LogP contribution in [0.25, 0.3) is 0 Å². The number of thioether (sulfide) groups is 1. The van der Waals surface area contributed by atoms with Crippen molar-refractivity contribution in [3.8, 4) is 0 Å². The molecule has 1 aromatic heterocycles. The normalized spacial score (nSPS) is 10.3. The molecule has 2 rings (SSSR count). The zero-order chi connectivity index (χ0) is 12.8. The first-order valence-electron chi connectivity index (χ1n) is 5.83. The highest BCUT2D eigenvalue weighted by Gasteiger charge is 1.98. The number of nitrogens with two attached hydrogens (primary N) is 1. The van der Waals surface area contributed by atoms with Gasteiger partial charge in [0.05, 0.1) is 0 Å². The van der Waals surface area contributed by atoms with E-state index in [1.165, 1.54) is 16.7 Å². The van der Waals surface area contributed by atoms with Gasteiger partial charge < -0.3 is 5.43 Å². The van der Waals surface area contributed by atoms with Gasteiger partial charge in [-0.1, -0.05) is 29.8 Å². The average Bonchev–Trinajstić information content (AvgIpc) is 2.39. The van der Waals surface area contributed by atoms with E-state index in [0.717, 1.165) is 11.5 Å². The molecular formula is C14H17N3S. The van der Waals surface area contributed by atoms with Gasteiger partial charge in [0.25, 0.3) is 0 Å². The second kappa shape index (κ2) is 6.42. The predicted octanol–water partition coefficient (Wildman–Crippen LogP) is 3.11. The summed E-state index contributed by atoms with van der Waals surface area (Å²) in [4.78, 5) is 4.09. The molecule has 0 aliphatic carbocycles. The van der Waals surface area contributed by atoms with Crippen LogP contribution >= 0.6 is 11.8 Å². The average molecular weight is 259 g/mol. The van der Waals surface area contributed by atoms with Crippen LogP contribution in [0.4, 0.5) is 5.82 Å². The molecule has 0 radical (unpaired) electrons. The van der Waals surface area contributed by atoms with Gasteiger partial charge in [-0.2, -0.15) is 11.8 Å². The van der Waals surface area contributed by atoms with Crippen LogP contribution < -0.4 is 11.3 Å². The minimum Gasteiger partial charge on any atom is -0.308 e. The Balaban J connectivity index is 1.88. The van der Waals surface area contributed by atoms with Crippen LogP contribution in [-0.4, -0.2) is 4.98 Å². The molecule has 0 saturated heterocycles. The van der Waals surface area contributed by atoms with Crippen molar-refractivity contribution < 1.29 is 0 Å². The molecule has 3 nitrogen and oxygen atoms in total. The first kappa shape index (κ1) is 12.9. The van der Waals surface area contributed by atoms with Gasteiger partial charge in [0, 0.05) is 17.7 Å². The molecule has 94 valence electrons. The molecule has 0 unspecified atom stereocenters. The summed E-state index contributed by atoms with van der Waals surface area (Å²) in [7, 11) is 0. The van der Waals surface area contributed by atoms with E-state index in [9.17, 15) is 0 Å². The predicted molar refractivity (Wildman–Crippen MR) is 78.2 cm³/mol. The van der Waals surface area contributed by atoms with Crippen LogP contribution in [0.15, 0.2) is 42.6 Å². The Bertz CT molecular complexity index is 514. The van der Waals surface area contributed by atoms with Gasteiger partial charge in [0.15, 0.2) is 0 Å². The highest BCUT2D eigenvalue weighted by atomic mass is 32.2. The van der Waals surface area contributed by atoms with Crippen molar-refractivity contribution in [2.24, 2.45) is 5.84 Å². The Kier molecular flexibility index (Phi) is 4.61. The fourth-order valence-corrected chi connectivity index (χ4v) is 2.66. The Morgan fingerprint density at radius 1 is 1.17 bits per heavy atom. The summed E-state index contributed by atoms with van der Waals surface area (Å²) in [6.45, 7) is 2.12. The maximum atomic E-state index is 5.34. The molecule has 18 heavy (non-hydrogen) atoms. The van der Waals surface area contributed by atoms with E-state index in [1.807, 2.05) is 23.9 Å². The molecule has 1 heterocycles. The lowest BCUT2D eigenvalue weighted by molar-refractivity contribution is 1.20. The maximum absolute atomic E-state index is 5.34. The summed E-state index contributed by atoms with van der Waals surface area (Å²) in [5.74, 6) is 8.03. The smallest absolute Gasteiger partial charge is 0.140 e. The van der Waals surface area contributed by atoms with Crippen molar-refractivity contribution in [1.29, 1.82) is 0 Å². The van der Waals surface area contributed by atoms with E-state index in [0.29, 0.717) is 5.82 Å². The number of nitrogens with one attached hydrogen (secondary N) is 1. The molecule has 3 N–H and O–H groups in total. The van der Waals surface area contributed by atoms with Crippen LogP contribution in [0.2, 0.25) is 0 Å². The van der Waals surface area contributed by atoms with Crippen LogP contribution in [-0.2, 0) is 11.5 Å². The minimum atomic E-state index is 0.712. The molecule has 0 saturated carbocycles. The summed E-state index contributed by atoms with van der Waals surface area (Å²) in [5, 5.41) is 0. The first-order chi connectivity index (χ1) is 8.78. The number of aryl methyl sites for hydroxylation is 1. The van der Waals surface area contributed by atoms with E-state index in [1.54, 1.807) is 6.20 Å². The van der Waals surface area contributed by atoms with Crippen molar-refractivity contribution in [1.82, 2.24) is 4.98 Å². The zero-order valence-corrected chi connectivity index (χ0v) is 11.2. The number of rotatable bonds is 5. The van der Waals surface area contributed by atoms with Crippen molar-refractivity contribution in [2.75, 3.05) is 5.43 Å². The zero-order valence-electron chi connectivity index (χ0n) is 10.4. The molecule has 0 aliphatic heterocycles. The number of nitrogens with zero attached hydrogens (tertiary/aromatic N) is 1. The van der Waals surface area contributed by atoms with E-state index >= 15 is 0 Å². The number of aromatic nitrogens is 1. The van der Waals surface area contributed by atoms with Gasteiger partial charge in [-0.25, -0.2) is 10.8 Å². The second-order valence-electron chi connectivity index (χ2n) is 4.18. The van der Waals surface area contributed by atoms with Gasteiger partial charge in [-0.3, -0.25) is 0 Å². The monoisotopic (exact) mass is 259 g/mol. The third kappa shape index (κ3) is 3.75. The van der Waals surface area contributed by atoms with Crippen molar-refractivity contribution >= 4 is 17.6 Å². The van der Waals surface area contributed by atoms with Crippen LogP contribution in [0.5, 0.6) is 0 Å². The molecule has 0 bridgehead atoms. The summed E-state index contributed by atoms with van der Waals surface area (Å²) in [6.07, 6.45) is 1.78. The number of hydrogen-bond acceptors (Lipinski definition) is 4. The highest BCUT2D eigenvalue weighted by Crippen LogP contribution is 2.19. The van der Waals surface area contributed by atoms with E-state index in [-0.39, 0.29) is 0 Å². The van der Waals surface area contributed by atoms with Crippen molar-refractivity contribution in [3.05, 3.63) is 59.3 Å². The third-order valence-corrected chi connectivity index (χ3v) is 3.67. The van der Waals surface area contributed by atoms with Gasteiger partial charge in [-0.15, -0.1) is 0 Å². The van der Waals surface area contributed by atoms with Crippen LogP contribution in [0, 0.1) is 6.92 Å². The van der Waals surface area contributed by atoms with Gasteiger partial charge in [0.2, 0.25) is 0 Å². The number of pyridine rings is 1. The van der Waals surface area contributed by atoms with E-state index in [2.05, 4.69) is 41.6 Å². The highest BCUT2D eigenvalue weighted by molar-refractivity contribution is 7.97. The molecule has 4 heteroatoms. The number of hydrazine groups is 1. The third-order valence-electron chi connectivity index (χ3n) is 2.59. The second-order valence-corrected chi connectivity index (χ2v) is 5.16. The lowest BCUT2D eigenvalue weighted by Gasteiger charge is -2.05. The summed E-state index contributed by atoms with van der Waals surface area (Å²) >= 11 is 1.89. The Hall–Kier alpha value is -1.52.